The van der Waals surface area contributed by atoms with Crippen molar-refractivity contribution in [1.29, 1.82) is 0 Å². The van der Waals surface area contributed by atoms with Gasteiger partial charge in [0.15, 0.2) is 17.3 Å². The van der Waals surface area contributed by atoms with E-state index in [1.807, 2.05) is 13.8 Å². The molecule has 2 aromatic rings. The van der Waals surface area contributed by atoms with Gasteiger partial charge in [-0.05, 0) is 35.5 Å². The van der Waals surface area contributed by atoms with Crippen molar-refractivity contribution >= 4 is 39.1 Å². The van der Waals surface area contributed by atoms with E-state index in [4.69, 9.17) is 0 Å². The monoisotopic (exact) mass is 316 g/mol. The molecule has 1 fully saturated rings. The second-order valence-corrected chi connectivity index (χ2v) is 6.82. The number of carbonyl (C=O) groups excluding carboxylic acids is 3. The molecule has 22 heavy (non-hydrogen) atoms. The summed E-state index contributed by atoms with van der Waals surface area (Å²) in [5.41, 5.74) is 0.994. The maximum atomic E-state index is 12.7. The fourth-order valence-corrected chi connectivity index (χ4v) is 3.60. The van der Waals surface area contributed by atoms with Crippen LogP contribution in [0.25, 0.3) is 10.2 Å². The molecule has 0 aliphatic heterocycles. The van der Waals surface area contributed by atoms with Crippen LogP contribution in [0.1, 0.15) is 37.0 Å². The molecule has 1 aliphatic carbocycles. The van der Waals surface area contributed by atoms with Gasteiger partial charge >= 0.3 is 0 Å². The van der Waals surface area contributed by atoms with Crippen LogP contribution in [0.15, 0.2) is 18.2 Å². The number of rotatable bonds is 3. The molecule has 0 saturated heterocycles. The lowest BCUT2D eigenvalue weighted by atomic mass is 9.73. The molecule has 1 aliphatic rings. The molecule has 0 atom stereocenters. The van der Waals surface area contributed by atoms with Gasteiger partial charge in [0, 0.05) is 18.4 Å². The van der Waals surface area contributed by atoms with Crippen molar-refractivity contribution in [3.8, 4) is 0 Å². The van der Waals surface area contributed by atoms with Crippen LogP contribution in [-0.4, -0.2) is 26.9 Å². The third-order valence-electron chi connectivity index (χ3n) is 4.32. The maximum absolute atomic E-state index is 12.7. The Hall–Kier alpha value is -1.95. The van der Waals surface area contributed by atoms with Crippen molar-refractivity contribution < 1.29 is 14.4 Å². The van der Waals surface area contributed by atoms with E-state index in [-0.39, 0.29) is 23.4 Å². The van der Waals surface area contributed by atoms with Gasteiger partial charge in [-0.2, -0.15) is 0 Å². The van der Waals surface area contributed by atoms with Gasteiger partial charge in [-0.3, -0.25) is 14.4 Å². The zero-order valence-electron chi connectivity index (χ0n) is 12.4. The number of benzene rings is 1. The first-order valence-corrected chi connectivity index (χ1v) is 8.07. The molecule has 6 heteroatoms. The van der Waals surface area contributed by atoms with Gasteiger partial charge in [-0.25, -0.2) is 0 Å². The van der Waals surface area contributed by atoms with Crippen LogP contribution in [0.3, 0.4) is 0 Å². The van der Waals surface area contributed by atoms with Crippen molar-refractivity contribution in [1.82, 2.24) is 9.59 Å². The molecule has 0 bridgehead atoms. The van der Waals surface area contributed by atoms with E-state index in [2.05, 4.69) is 9.59 Å². The Morgan fingerprint density at radius 1 is 1.23 bits per heavy atom. The first kappa shape index (κ1) is 15.0. The maximum Gasteiger partial charge on any atom is 0.182 e. The van der Waals surface area contributed by atoms with E-state index < -0.39 is 11.7 Å². The summed E-state index contributed by atoms with van der Waals surface area (Å²) in [6, 6.07) is 5.10. The Labute approximate surface area is 131 Å². The van der Waals surface area contributed by atoms with Crippen LogP contribution < -0.4 is 0 Å². The molecule has 1 heterocycles. The van der Waals surface area contributed by atoms with Crippen LogP contribution in [0.2, 0.25) is 0 Å². The average Bonchev–Trinajstić information content (AvgIpc) is 2.94. The molecule has 0 unspecified atom stereocenters. The highest BCUT2D eigenvalue weighted by atomic mass is 32.1. The highest BCUT2D eigenvalue weighted by Crippen LogP contribution is 2.32. The van der Waals surface area contributed by atoms with E-state index in [9.17, 15) is 14.4 Å². The number of carbonyl (C=O) groups is 3. The third kappa shape index (κ3) is 2.47. The number of Topliss-reactive ketones (excluding diaryl/α,β-unsaturated/α-hetero) is 3. The summed E-state index contributed by atoms with van der Waals surface area (Å²) in [5.74, 6) is -1.76. The Bertz CT molecular complexity index is 748. The van der Waals surface area contributed by atoms with Crippen molar-refractivity contribution in [3.05, 3.63) is 23.8 Å². The van der Waals surface area contributed by atoms with Crippen LogP contribution in [0.5, 0.6) is 0 Å². The SMILES string of the molecule is CC(C)C1CC(=O)C(C(=O)c2cccc3nnsc23)C(=O)C1. The lowest BCUT2D eigenvalue weighted by Crippen LogP contribution is -2.40. The zero-order valence-corrected chi connectivity index (χ0v) is 13.2. The summed E-state index contributed by atoms with van der Waals surface area (Å²) in [6.07, 6.45) is 0.605. The molecule has 114 valence electrons. The molecule has 0 amide bonds. The van der Waals surface area contributed by atoms with Gasteiger partial charge in [0.2, 0.25) is 0 Å². The van der Waals surface area contributed by atoms with E-state index in [0.717, 1.165) is 11.5 Å². The van der Waals surface area contributed by atoms with E-state index in [1.165, 1.54) is 0 Å². The molecule has 3 rings (SSSR count). The van der Waals surface area contributed by atoms with Gasteiger partial charge < -0.3 is 0 Å². The normalized spacial score (nSPS) is 22.5. The quantitative estimate of drug-likeness (QED) is 0.642. The molecule has 1 saturated carbocycles. The van der Waals surface area contributed by atoms with Crippen LogP contribution in [0, 0.1) is 17.8 Å². The summed E-state index contributed by atoms with van der Waals surface area (Å²) >= 11 is 1.11. The topological polar surface area (TPSA) is 77.0 Å². The Kier molecular flexibility index (Phi) is 3.87. The van der Waals surface area contributed by atoms with Crippen LogP contribution >= 0.6 is 11.5 Å². The Morgan fingerprint density at radius 2 is 1.91 bits per heavy atom. The smallest absolute Gasteiger partial charge is 0.182 e. The zero-order chi connectivity index (χ0) is 15.9. The summed E-state index contributed by atoms with van der Waals surface area (Å²) in [7, 11) is 0. The predicted octanol–water partition coefficient (Wildman–Crippen LogP) is 2.69. The van der Waals surface area contributed by atoms with E-state index in [1.54, 1.807) is 18.2 Å². The summed E-state index contributed by atoms with van der Waals surface area (Å²) in [5, 5.41) is 3.93. The summed E-state index contributed by atoms with van der Waals surface area (Å²) < 4.78 is 4.47. The highest BCUT2D eigenvalue weighted by Gasteiger charge is 2.41. The fourth-order valence-electron chi connectivity index (χ4n) is 2.92. The third-order valence-corrected chi connectivity index (χ3v) is 5.09. The van der Waals surface area contributed by atoms with Crippen molar-refractivity contribution in [2.45, 2.75) is 26.7 Å². The lowest BCUT2D eigenvalue weighted by Gasteiger charge is -2.28. The molecule has 1 aromatic heterocycles. The predicted molar refractivity (Wildman–Crippen MR) is 82.8 cm³/mol. The van der Waals surface area contributed by atoms with Gasteiger partial charge in [0.05, 0.1) is 4.70 Å². The van der Waals surface area contributed by atoms with Crippen LogP contribution in [0.4, 0.5) is 0 Å². The Balaban J connectivity index is 1.94. The molecule has 1 aromatic carbocycles. The molecule has 0 spiro atoms. The number of ketones is 3. The van der Waals surface area contributed by atoms with Crippen molar-refractivity contribution in [3.63, 3.8) is 0 Å². The molecule has 0 radical (unpaired) electrons. The number of hydrogen-bond donors (Lipinski definition) is 0. The largest absolute Gasteiger partial charge is 0.298 e. The number of fused-ring (bicyclic) bond motifs is 1. The first-order valence-electron chi connectivity index (χ1n) is 7.29. The van der Waals surface area contributed by atoms with Gasteiger partial charge in [0.1, 0.15) is 11.4 Å². The summed E-state index contributed by atoms with van der Waals surface area (Å²) in [6.45, 7) is 3.99. The average molecular weight is 316 g/mol. The lowest BCUT2D eigenvalue weighted by molar-refractivity contribution is -0.135. The second kappa shape index (κ2) is 5.68. The number of hydrogen-bond acceptors (Lipinski definition) is 6. The second-order valence-electron chi connectivity index (χ2n) is 6.07. The molecule has 5 nitrogen and oxygen atoms in total. The molecular weight excluding hydrogens is 300 g/mol. The minimum absolute atomic E-state index is 0.0462. The Morgan fingerprint density at radius 3 is 2.55 bits per heavy atom. The number of nitrogens with zero attached hydrogens (tertiary/aromatic N) is 2. The van der Waals surface area contributed by atoms with Gasteiger partial charge in [-0.15, -0.1) is 5.10 Å². The molecular formula is C16H16N2O3S. The fraction of sp³-hybridized carbons (Fsp3) is 0.438. The van der Waals surface area contributed by atoms with Crippen LogP contribution in [-0.2, 0) is 9.59 Å². The highest BCUT2D eigenvalue weighted by molar-refractivity contribution is 7.13. The standard InChI is InChI=1S/C16H16N2O3S/c1-8(2)9-6-12(19)14(13(20)7-9)15(21)10-4-3-5-11-16(10)22-18-17-11/h3-5,8-9,14H,6-7H2,1-2H3. The minimum Gasteiger partial charge on any atom is -0.298 e. The van der Waals surface area contributed by atoms with E-state index in [0.29, 0.717) is 28.6 Å². The molecule has 0 N–H and O–H groups in total. The summed E-state index contributed by atoms with van der Waals surface area (Å²) in [4.78, 5) is 37.4. The number of aromatic nitrogens is 2. The van der Waals surface area contributed by atoms with Gasteiger partial charge in [-0.1, -0.05) is 24.4 Å². The van der Waals surface area contributed by atoms with Crippen molar-refractivity contribution in [2.75, 3.05) is 0 Å². The first-order chi connectivity index (χ1) is 10.5. The van der Waals surface area contributed by atoms with Gasteiger partial charge in [0.25, 0.3) is 0 Å². The van der Waals surface area contributed by atoms with E-state index >= 15 is 0 Å². The van der Waals surface area contributed by atoms with Crippen molar-refractivity contribution in [2.24, 2.45) is 17.8 Å². The minimum atomic E-state index is -1.15.